The van der Waals surface area contributed by atoms with Gasteiger partial charge in [-0.2, -0.15) is 0 Å². The molecule has 0 unspecified atom stereocenters. The van der Waals surface area contributed by atoms with Gasteiger partial charge in [-0.15, -0.1) is 36.2 Å². The number of rotatable bonds is 7. The highest BCUT2D eigenvalue weighted by atomic mass is 35.5. The number of likely N-dealkylation sites (tertiary alicyclic amines) is 1. The van der Waals surface area contributed by atoms with E-state index in [4.69, 9.17) is 4.98 Å². The number of aryl methyl sites for hydroxylation is 1. The molecule has 1 aliphatic carbocycles. The van der Waals surface area contributed by atoms with E-state index < -0.39 is 0 Å². The molecule has 3 nitrogen and oxygen atoms in total. The number of halogens is 2. The molecule has 0 bridgehead atoms. The summed E-state index contributed by atoms with van der Waals surface area (Å²) in [4.78, 5) is 7.31. The smallest absolute Gasteiger partial charge is 0.0928 e. The van der Waals surface area contributed by atoms with Crippen LogP contribution in [0.2, 0.25) is 0 Å². The van der Waals surface area contributed by atoms with Gasteiger partial charge in [0.1, 0.15) is 0 Å². The number of piperidine rings is 1. The van der Waals surface area contributed by atoms with Crippen molar-refractivity contribution in [1.82, 2.24) is 15.2 Å². The van der Waals surface area contributed by atoms with Crippen molar-refractivity contribution in [1.29, 1.82) is 0 Å². The number of hydrogen-bond acceptors (Lipinski definition) is 4. The summed E-state index contributed by atoms with van der Waals surface area (Å²) in [7, 11) is 0. The van der Waals surface area contributed by atoms with Gasteiger partial charge in [0.2, 0.25) is 0 Å². The molecule has 1 aromatic rings. The molecule has 0 amide bonds. The molecule has 128 valence electrons. The van der Waals surface area contributed by atoms with Crippen LogP contribution in [-0.2, 0) is 13.0 Å². The summed E-state index contributed by atoms with van der Waals surface area (Å²) in [6.45, 7) is 6.99. The van der Waals surface area contributed by atoms with E-state index in [1.54, 1.807) is 0 Å². The number of aromatic nitrogens is 1. The third kappa shape index (κ3) is 6.32. The van der Waals surface area contributed by atoms with Crippen LogP contribution in [-0.4, -0.2) is 35.6 Å². The summed E-state index contributed by atoms with van der Waals surface area (Å²) in [6.07, 6.45) is 7.85. The standard InChI is InChI=1S/C16H27N3S.2ClH/c1-2-3-16-18-15(12-20-16)11-19-8-6-14(7-9-19)17-10-13-4-5-13;;/h12-14,17H,2-11H2,1H3;2*1H. The summed E-state index contributed by atoms with van der Waals surface area (Å²) in [5.41, 5.74) is 1.28. The van der Waals surface area contributed by atoms with E-state index in [-0.39, 0.29) is 24.8 Å². The fourth-order valence-electron chi connectivity index (χ4n) is 2.93. The molecule has 22 heavy (non-hydrogen) atoms. The third-order valence-electron chi connectivity index (χ3n) is 4.43. The molecule has 0 radical (unpaired) electrons. The summed E-state index contributed by atoms with van der Waals surface area (Å²) in [5.74, 6) is 1.00. The fraction of sp³-hybridized carbons (Fsp3) is 0.812. The highest BCUT2D eigenvalue weighted by Crippen LogP contribution is 2.28. The minimum Gasteiger partial charge on any atom is -0.314 e. The maximum atomic E-state index is 4.74. The Balaban J connectivity index is 0.00000121. The first kappa shape index (κ1) is 20.2. The van der Waals surface area contributed by atoms with E-state index in [2.05, 4.69) is 22.5 Å². The number of thiazole rings is 1. The van der Waals surface area contributed by atoms with Crippen molar-refractivity contribution in [3.05, 3.63) is 16.1 Å². The first-order valence-corrected chi connectivity index (χ1v) is 9.10. The van der Waals surface area contributed by atoms with E-state index in [0.717, 1.165) is 24.9 Å². The van der Waals surface area contributed by atoms with Gasteiger partial charge in [-0.3, -0.25) is 4.90 Å². The Kier molecular flexibility index (Phi) is 9.25. The zero-order valence-corrected chi connectivity index (χ0v) is 15.9. The molecule has 2 aliphatic rings. The van der Waals surface area contributed by atoms with E-state index in [0.29, 0.717) is 0 Å². The predicted molar refractivity (Wildman–Crippen MR) is 99.6 cm³/mol. The van der Waals surface area contributed by atoms with Crippen molar-refractivity contribution < 1.29 is 0 Å². The zero-order valence-electron chi connectivity index (χ0n) is 13.4. The van der Waals surface area contributed by atoms with E-state index >= 15 is 0 Å². The second kappa shape index (κ2) is 10.1. The average Bonchev–Trinajstić information content (AvgIpc) is 3.19. The van der Waals surface area contributed by atoms with E-state index in [1.807, 2.05) is 11.3 Å². The van der Waals surface area contributed by atoms with Crippen molar-refractivity contribution in [3.8, 4) is 0 Å². The molecule has 2 fully saturated rings. The Hall–Kier alpha value is 0.130. The molecule has 2 heterocycles. The van der Waals surface area contributed by atoms with Crippen LogP contribution in [0.3, 0.4) is 0 Å². The molecule has 0 atom stereocenters. The third-order valence-corrected chi connectivity index (χ3v) is 5.39. The molecular formula is C16H29Cl2N3S. The number of nitrogens with one attached hydrogen (secondary N) is 1. The van der Waals surface area contributed by atoms with Crippen LogP contribution in [0.5, 0.6) is 0 Å². The van der Waals surface area contributed by atoms with E-state index in [1.165, 1.54) is 62.4 Å². The molecule has 0 spiro atoms. The molecule has 3 rings (SSSR count). The van der Waals surface area contributed by atoms with Gasteiger partial charge in [0.05, 0.1) is 10.7 Å². The summed E-state index contributed by atoms with van der Waals surface area (Å²) in [5, 5.41) is 7.31. The Morgan fingerprint density at radius 3 is 2.59 bits per heavy atom. The molecule has 6 heteroatoms. The van der Waals surface area contributed by atoms with Gasteiger partial charge in [-0.1, -0.05) is 6.92 Å². The lowest BCUT2D eigenvalue weighted by Crippen LogP contribution is -2.42. The topological polar surface area (TPSA) is 28.2 Å². The van der Waals surface area contributed by atoms with Gasteiger partial charge < -0.3 is 5.32 Å². The van der Waals surface area contributed by atoms with Crippen LogP contribution in [0.25, 0.3) is 0 Å². The van der Waals surface area contributed by atoms with Crippen molar-refractivity contribution >= 4 is 36.2 Å². The van der Waals surface area contributed by atoms with Crippen molar-refractivity contribution in [3.63, 3.8) is 0 Å². The minimum absolute atomic E-state index is 0. The second-order valence-electron chi connectivity index (χ2n) is 6.38. The molecular weight excluding hydrogens is 337 g/mol. The van der Waals surface area contributed by atoms with Crippen LogP contribution in [0, 0.1) is 5.92 Å². The quantitative estimate of drug-likeness (QED) is 0.793. The van der Waals surface area contributed by atoms with Crippen LogP contribution >= 0.6 is 36.2 Å². The molecule has 1 saturated heterocycles. The Bertz CT molecular complexity index is 415. The van der Waals surface area contributed by atoms with Gasteiger partial charge in [0, 0.05) is 31.1 Å². The molecule has 1 saturated carbocycles. The van der Waals surface area contributed by atoms with Gasteiger partial charge in [-0.25, -0.2) is 4.98 Å². The molecule has 1 N–H and O–H groups in total. The maximum absolute atomic E-state index is 4.74. The average molecular weight is 366 g/mol. The zero-order chi connectivity index (χ0) is 13.8. The lowest BCUT2D eigenvalue weighted by Gasteiger charge is -2.32. The number of nitrogens with zero attached hydrogens (tertiary/aromatic N) is 2. The van der Waals surface area contributed by atoms with Crippen molar-refractivity contribution in [2.75, 3.05) is 19.6 Å². The van der Waals surface area contributed by atoms with Crippen LogP contribution in [0.15, 0.2) is 5.38 Å². The highest BCUT2D eigenvalue weighted by Gasteiger charge is 2.24. The molecule has 0 aromatic carbocycles. The SMILES string of the molecule is CCCc1nc(CN2CCC(NCC3CC3)CC2)cs1.Cl.Cl. The van der Waals surface area contributed by atoms with Crippen molar-refractivity contribution in [2.24, 2.45) is 5.92 Å². The molecule has 1 aromatic heterocycles. The largest absolute Gasteiger partial charge is 0.314 e. The maximum Gasteiger partial charge on any atom is 0.0928 e. The van der Waals surface area contributed by atoms with Gasteiger partial charge in [-0.05, 0) is 51.0 Å². The van der Waals surface area contributed by atoms with Gasteiger partial charge in [0.25, 0.3) is 0 Å². The molecule has 1 aliphatic heterocycles. The van der Waals surface area contributed by atoms with Crippen LogP contribution in [0.1, 0.15) is 49.7 Å². The first-order chi connectivity index (χ1) is 9.83. The first-order valence-electron chi connectivity index (χ1n) is 8.22. The lowest BCUT2D eigenvalue weighted by molar-refractivity contribution is 0.188. The number of hydrogen-bond donors (Lipinski definition) is 1. The lowest BCUT2D eigenvalue weighted by atomic mass is 10.0. The van der Waals surface area contributed by atoms with Crippen LogP contribution < -0.4 is 5.32 Å². The summed E-state index contributed by atoms with van der Waals surface area (Å²) >= 11 is 1.83. The summed E-state index contributed by atoms with van der Waals surface area (Å²) < 4.78 is 0. The fourth-order valence-corrected chi connectivity index (χ4v) is 3.82. The summed E-state index contributed by atoms with van der Waals surface area (Å²) in [6, 6.07) is 0.762. The predicted octanol–water partition coefficient (Wildman–Crippen LogP) is 3.90. The van der Waals surface area contributed by atoms with E-state index in [9.17, 15) is 0 Å². The van der Waals surface area contributed by atoms with Gasteiger partial charge in [0.15, 0.2) is 0 Å². The van der Waals surface area contributed by atoms with Crippen LogP contribution in [0.4, 0.5) is 0 Å². The monoisotopic (exact) mass is 365 g/mol. The Labute approximate surface area is 151 Å². The Morgan fingerprint density at radius 1 is 1.23 bits per heavy atom. The highest BCUT2D eigenvalue weighted by molar-refractivity contribution is 7.09. The Morgan fingerprint density at radius 2 is 1.95 bits per heavy atom. The van der Waals surface area contributed by atoms with Crippen molar-refractivity contribution in [2.45, 2.75) is 58.0 Å². The second-order valence-corrected chi connectivity index (χ2v) is 7.33. The van der Waals surface area contributed by atoms with Gasteiger partial charge >= 0.3 is 0 Å². The normalized spacial score (nSPS) is 19.5. The minimum atomic E-state index is 0.